The van der Waals surface area contributed by atoms with Crippen LogP contribution in [0.1, 0.15) is 46.8 Å². The minimum Gasteiger partial charge on any atom is -0.304 e. The van der Waals surface area contributed by atoms with E-state index in [0.29, 0.717) is 6.04 Å². The summed E-state index contributed by atoms with van der Waals surface area (Å²) >= 11 is 1.83. The van der Waals surface area contributed by atoms with Crippen LogP contribution in [0.2, 0.25) is 0 Å². The van der Waals surface area contributed by atoms with Crippen LogP contribution in [0.5, 0.6) is 0 Å². The van der Waals surface area contributed by atoms with Crippen molar-refractivity contribution in [1.29, 1.82) is 0 Å². The molecule has 0 amide bonds. The number of aryl methyl sites for hydroxylation is 2. The number of hydrogen-bond donors (Lipinski definition) is 1. The maximum atomic E-state index is 12.9. The van der Waals surface area contributed by atoms with Crippen LogP contribution in [0, 0.1) is 19.7 Å². The van der Waals surface area contributed by atoms with Gasteiger partial charge in [0, 0.05) is 21.8 Å². The second kappa shape index (κ2) is 5.85. The zero-order chi connectivity index (χ0) is 14.0. The lowest BCUT2D eigenvalue weighted by Crippen LogP contribution is -2.22. The predicted molar refractivity (Wildman–Crippen MR) is 80.2 cm³/mol. The zero-order valence-corrected chi connectivity index (χ0v) is 12.6. The van der Waals surface area contributed by atoms with E-state index in [1.807, 2.05) is 23.5 Å². The highest BCUT2D eigenvalue weighted by molar-refractivity contribution is 7.12. The van der Waals surface area contributed by atoms with Gasteiger partial charge in [0.2, 0.25) is 0 Å². The summed E-state index contributed by atoms with van der Waals surface area (Å²) in [4.78, 5) is 2.71. The second-order valence-corrected chi connectivity index (χ2v) is 6.49. The first-order valence-corrected chi connectivity index (χ1v) is 7.37. The van der Waals surface area contributed by atoms with E-state index in [1.165, 1.54) is 27.5 Å². The SMILES string of the molecule is Cc1cc(C(C)N[C@@H](C)c2ccc(F)cc2)c(C)s1. The molecule has 2 rings (SSSR count). The monoisotopic (exact) mass is 277 g/mol. The van der Waals surface area contributed by atoms with E-state index in [0.717, 1.165) is 5.56 Å². The topological polar surface area (TPSA) is 12.0 Å². The Morgan fingerprint density at radius 2 is 1.68 bits per heavy atom. The van der Waals surface area contributed by atoms with Gasteiger partial charge in [-0.15, -0.1) is 11.3 Å². The van der Waals surface area contributed by atoms with Crippen LogP contribution in [0.4, 0.5) is 4.39 Å². The largest absolute Gasteiger partial charge is 0.304 e. The molecule has 1 N–H and O–H groups in total. The average Bonchev–Trinajstić information content (AvgIpc) is 2.69. The molecular weight excluding hydrogens is 257 g/mol. The Labute approximate surface area is 118 Å². The maximum Gasteiger partial charge on any atom is 0.123 e. The van der Waals surface area contributed by atoms with Gasteiger partial charge in [-0.25, -0.2) is 4.39 Å². The van der Waals surface area contributed by atoms with Crippen LogP contribution in [0.25, 0.3) is 0 Å². The van der Waals surface area contributed by atoms with Crippen molar-refractivity contribution in [2.75, 3.05) is 0 Å². The van der Waals surface area contributed by atoms with E-state index in [-0.39, 0.29) is 11.9 Å². The number of benzene rings is 1. The lowest BCUT2D eigenvalue weighted by Gasteiger charge is -2.20. The summed E-state index contributed by atoms with van der Waals surface area (Å²) in [6.07, 6.45) is 0. The molecule has 2 aromatic rings. The maximum absolute atomic E-state index is 12.9. The van der Waals surface area contributed by atoms with Crippen molar-refractivity contribution >= 4 is 11.3 Å². The van der Waals surface area contributed by atoms with E-state index in [9.17, 15) is 4.39 Å². The summed E-state index contributed by atoms with van der Waals surface area (Å²) in [5.41, 5.74) is 2.47. The van der Waals surface area contributed by atoms with Crippen molar-refractivity contribution in [3.63, 3.8) is 0 Å². The fourth-order valence-electron chi connectivity index (χ4n) is 2.39. The molecule has 19 heavy (non-hydrogen) atoms. The molecule has 1 nitrogen and oxygen atoms in total. The van der Waals surface area contributed by atoms with Gasteiger partial charge in [-0.1, -0.05) is 12.1 Å². The molecule has 0 fully saturated rings. The first-order chi connectivity index (χ1) is 8.97. The Morgan fingerprint density at radius 3 is 2.21 bits per heavy atom. The third kappa shape index (κ3) is 3.43. The lowest BCUT2D eigenvalue weighted by atomic mass is 10.0. The van der Waals surface area contributed by atoms with Gasteiger partial charge in [0.25, 0.3) is 0 Å². The Hall–Kier alpha value is -1.19. The van der Waals surface area contributed by atoms with Gasteiger partial charge in [0.05, 0.1) is 0 Å². The van der Waals surface area contributed by atoms with Crippen molar-refractivity contribution in [3.05, 3.63) is 57.0 Å². The van der Waals surface area contributed by atoms with Gasteiger partial charge >= 0.3 is 0 Å². The third-order valence-electron chi connectivity index (χ3n) is 3.42. The molecular formula is C16H20FNS. The van der Waals surface area contributed by atoms with E-state index in [2.05, 4.69) is 39.1 Å². The first kappa shape index (κ1) is 14.2. The molecule has 102 valence electrons. The van der Waals surface area contributed by atoms with Crippen molar-refractivity contribution in [2.24, 2.45) is 0 Å². The molecule has 0 saturated heterocycles. The van der Waals surface area contributed by atoms with Crippen LogP contribution < -0.4 is 5.32 Å². The highest BCUT2D eigenvalue weighted by Gasteiger charge is 2.14. The van der Waals surface area contributed by atoms with Crippen LogP contribution in [-0.2, 0) is 0 Å². The minimum absolute atomic E-state index is 0.187. The number of rotatable bonds is 4. The van der Waals surface area contributed by atoms with Crippen molar-refractivity contribution in [1.82, 2.24) is 5.32 Å². The fraction of sp³-hybridized carbons (Fsp3) is 0.375. The molecule has 0 aliphatic heterocycles. The number of nitrogens with one attached hydrogen (secondary N) is 1. The van der Waals surface area contributed by atoms with Gasteiger partial charge in [-0.2, -0.15) is 0 Å². The molecule has 0 aliphatic rings. The summed E-state index contributed by atoms with van der Waals surface area (Å²) < 4.78 is 12.9. The highest BCUT2D eigenvalue weighted by atomic mass is 32.1. The Morgan fingerprint density at radius 1 is 1.05 bits per heavy atom. The van der Waals surface area contributed by atoms with Gasteiger partial charge in [-0.05, 0) is 57.0 Å². The van der Waals surface area contributed by atoms with Crippen molar-refractivity contribution in [3.8, 4) is 0 Å². The van der Waals surface area contributed by atoms with E-state index >= 15 is 0 Å². The highest BCUT2D eigenvalue weighted by Crippen LogP contribution is 2.28. The average molecular weight is 277 g/mol. The summed E-state index contributed by atoms with van der Waals surface area (Å²) in [6.45, 7) is 8.58. The third-order valence-corrected chi connectivity index (χ3v) is 4.40. The second-order valence-electron chi connectivity index (χ2n) is 5.03. The Bertz CT molecular complexity index is 544. The molecule has 1 heterocycles. The molecule has 0 saturated carbocycles. The molecule has 1 unspecified atom stereocenters. The molecule has 0 spiro atoms. The standard InChI is InChI=1S/C16H20FNS/c1-10-9-16(13(4)19-10)12(3)18-11(2)14-5-7-15(17)8-6-14/h5-9,11-12,18H,1-4H3/t11-,12?/m0/s1. The quantitative estimate of drug-likeness (QED) is 0.836. The number of thiophene rings is 1. The zero-order valence-electron chi connectivity index (χ0n) is 11.8. The normalized spacial score (nSPS) is 14.4. The summed E-state index contributed by atoms with van der Waals surface area (Å²) in [6, 6.07) is 9.45. The number of hydrogen-bond acceptors (Lipinski definition) is 2. The summed E-state index contributed by atoms with van der Waals surface area (Å²) in [5, 5.41) is 3.57. The van der Waals surface area contributed by atoms with Gasteiger partial charge in [-0.3, -0.25) is 0 Å². The smallest absolute Gasteiger partial charge is 0.123 e. The van der Waals surface area contributed by atoms with E-state index in [4.69, 9.17) is 0 Å². The molecule has 0 aliphatic carbocycles. The molecule has 3 heteroatoms. The first-order valence-electron chi connectivity index (χ1n) is 6.56. The van der Waals surface area contributed by atoms with Crippen LogP contribution in [-0.4, -0.2) is 0 Å². The summed E-state index contributed by atoms with van der Waals surface area (Å²) in [7, 11) is 0. The predicted octanol–water partition coefficient (Wildman–Crippen LogP) is 4.92. The van der Waals surface area contributed by atoms with Crippen LogP contribution in [0.15, 0.2) is 30.3 Å². The van der Waals surface area contributed by atoms with Crippen LogP contribution >= 0.6 is 11.3 Å². The van der Waals surface area contributed by atoms with Gasteiger partial charge in [0.1, 0.15) is 5.82 Å². The molecule has 1 aromatic heterocycles. The summed E-state index contributed by atoms with van der Waals surface area (Å²) in [5.74, 6) is -0.187. The Balaban J connectivity index is 2.08. The fourth-order valence-corrected chi connectivity index (χ4v) is 3.42. The van der Waals surface area contributed by atoms with Crippen LogP contribution in [0.3, 0.4) is 0 Å². The molecule has 1 aromatic carbocycles. The molecule has 2 atom stereocenters. The number of halogens is 1. The van der Waals surface area contributed by atoms with Gasteiger partial charge in [0.15, 0.2) is 0 Å². The molecule has 0 radical (unpaired) electrons. The van der Waals surface area contributed by atoms with E-state index < -0.39 is 0 Å². The van der Waals surface area contributed by atoms with Crippen molar-refractivity contribution < 1.29 is 4.39 Å². The molecule has 0 bridgehead atoms. The van der Waals surface area contributed by atoms with E-state index in [1.54, 1.807) is 0 Å². The Kier molecular flexibility index (Phi) is 4.38. The van der Waals surface area contributed by atoms with Crippen molar-refractivity contribution in [2.45, 2.75) is 39.8 Å². The minimum atomic E-state index is -0.187. The lowest BCUT2D eigenvalue weighted by molar-refractivity contribution is 0.493. The van der Waals surface area contributed by atoms with Gasteiger partial charge < -0.3 is 5.32 Å².